The van der Waals surface area contributed by atoms with Crippen LogP contribution in [0.5, 0.6) is 0 Å². The van der Waals surface area contributed by atoms with Gasteiger partial charge in [0, 0.05) is 30.6 Å². The third-order valence-electron chi connectivity index (χ3n) is 4.69. The third-order valence-corrected chi connectivity index (χ3v) is 5.59. The second-order valence-corrected chi connectivity index (χ2v) is 7.57. The van der Waals surface area contributed by atoms with Crippen LogP contribution in [0.1, 0.15) is 26.7 Å². The molecule has 0 radical (unpaired) electrons. The van der Waals surface area contributed by atoms with Crippen molar-refractivity contribution in [2.75, 3.05) is 31.2 Å². The number of aromatic nitrogens is 4. The van der Waals surface area contributed by atoms with Gasteiger partial charge in [0.05, 0.1) is 29.5 Å². The molecule has 3 heterocycles. The van der Waals surface area contributed by atoms with Gasteiger partial charge in [-0.25, -0.2) is 9.67 Å². The molecule has 1 fully saturated rings. The first kappa shape index (κ1) is 21.3. The van der Waals surface area contributed by atoms with Gasteiger partial charge in [-0.15, -0.1) is 16.4 Å². The summed E-state index contributed by atoms with van der Waals surface area (Å²) in [5.74, 6) is -1.26. The summed E-state index contributed by atoms with van der Waals surface area (Å²) in [4.78, 5) is 41.6. The molecule has 1 aliphatic heterocycles. The Morgan fingerprint density at radius 1 is 1.22 bits per heavy atom. The van der Waals surface area contributed by atoms with Crippen molar-refractivity contribution in [1.82, 2.24) is 30.8 Å². The van der Waals surface area contributed by atoms with Crippen LogP contribution in [0.3, 0.4) is 0 Å². The number of carbonyl (C=O) groups excluding carboxylic acids is 2. The lowest BCUT2D eigenvalue weighted by atomic mass is 10.2. The molecule has 3 aromatic rings. The maximum Gasteiger partial charge on any atom is 0.292 e. The molecule has 4 rings (SSSR count). The molecule has 2 aromatic heterocycles. The number of benzene rings is 1. The largest absolute Gasteiger partial charge is 0.378 e. The van der Waals surface area contributed by atoms with Crippen molar-refractivity contribution >= 4 is 34.0 Å². The Hall–Kier alpha value is -3.91. The van der Waals surface area contributed by atoms with E-state index in [-0.39, 0.29) is 17.1 Å². The number of nitrogens with one attached hydrogen (secondary N) is 2. The Labute approximate surface area is 185 Å². The molecule has 1 saturated heterocycles. The number of hydrogen-bond donors (Lipinski definition) is 2. The number of morpholine rings is 1. The van der Waals surface area contributed by atoms with E-state index in [1.165, 1.54) is 34.2 Å². The highest BCUT2D eigenvalue weighted by molar-refractivity contribution is 7.13. The summed E-state index contributed by atoms with van der Waals surface area (Å²) in [7, 11) is 0. The van der Waals surface area contributed by atoms with Gasteiger partial charge in [0.25, 0.3) is 17.5 Å². The van der Waals surface area contributed by atoms with E-state index < -0.39 is 16.7 Å². The first-order chi connectivity index (χ1) is 15.4. The number of thiazole rings is 1. The fourth-order valence-electron chi connectivity index (χ4n) is 3.03. The standard InChI is InChI=1S/C18H18N8O5S/c1-11-15(20-23-25(11)12-3-2-4-13(9-12)26(29)30)17(28)22-21-16(27)14-10-32-18(19-14)24-5-7-31-8-6-24/h2-4,9-10H,5-8H2,1H3,(H,21,27)(H,22,28). The molecule has 166 valence electrons. The SMILES string of the molecule is Cc1c(C(=O)NNC(=O)c2csc(N3CCOCC3)n2)nnn1-c1cccc([N+](=O)[O-])c1. The second-order valence-electron chi connectivity index (χ2n) is 6.74. The molecule has 2 N–H and O–H groups in total. The van der Waals surface area contributed by atoms with Gasteiger partial charge < -0.3 is 9.64 Å². The van der Waals surface area contributed by atoms with Gasteiger partial charge in [-0.3, -0.25) is 30.6 Å². The molecule has 1 aromatic carbocycles. The number of nitro groups is 1. The van der Waals surface area contributed by atoms with E-state index in [0.717, 1.165) is 0 Å². The highest BCUT2D eigenvalue weighted by Gasteiger charge is 2.21. The zero-order valence-corrected chi connectivity index (χ0v) is 17.7. The normalized spacial score (nSPS) is 13.6. The minimum Gasteiger partial charge on any atom is -0.378 e. The number of hydrazine groups is 1. The minimum atomic E-state index is -0.684. The number of non-ortho nitro benzene ring substituents is 1. The van der Waals surface area contributed by atoms with Crippen molar-refractivity contribution < 1.29 is 19.2 Å². The Morgan fingerprint density at radius 3 is 2.72 bits per heavy atom. The average Bonchev–Trinajstić information content (AvgIpc) is 3.45. The Kier molecular flexibility index (Phi) is 6.04. The minimum absolute atomic E-state index is 0.0379. The lowest BCUT2D eigenvalue weighted by Crippen LogP contribution is -2.42. The Morgan fingerprint density at radius 2 is 1.97 bits per heavy atom. The van der Waals surface area contributed by atoms with Gasteiger partial charge >= 0.3 is 0 Å². The number of carbonyl (C=O) groups is 2. The average molecular weight is 458 g/mol. The van der Waals surface area contributed by atoms with Gasteiger partial charge in [-0.2, -0.15) is 0 Å². The van der Waals surface area contributed by atoms with Crippen LogP contribution in [-0.2, 0) is 4.74 Å². The lowest BCUT2D eigenvalue weighted by molar-refractivity contribution is -0.384. The highest BCUT2D eigenvalue weighted by atomic mass is 32.1. The van der Waals surface area contributed by atoms with Crippen molar-refractivity contribution in [2.24, 2.45) is 0 Å². The van der Waals surface area contributed by atoms with Crippen LogP contribution in [0, 0.1) is 17.0 Å². The molecule has 32 heavy (non-hydrogen) atoms. The molecule has 1 aliphatic rings. The fraction of sp³-hybridized carbons (Fsp3) is 0.278. The molecular weight excluding hydrogens is 440 g/mol. The van der Waals surface area contributed by atoms with E-state index in [1.807, 2.05) is 4.90 Å². The number of hydrogen-bond acceptors (Lipinski definition) is 10. The van der Waals surface area contributed by atoms with Crippen LogP contribution in [0.15, 0.2) is 29.6 Å². The number of rotatable bonds is 5. The molecule has 0 unspecified atom stereocenters. The number of anilines is 1. The van der Waals surface area contributed by atoms with Crippen LogP contribution >= 0.6 is 11.3 Å². The number of nitro benzene ring substituents is 1. The van der Waals surface area contributed by atoms with E-state index >= 15 is 0 Å². The van der Waals surface area contributed by atoms with Gasteiger partial charge in [0.15, 0.2) is 10.8 Å². The molecule has 0 aliphatic carbocycles. The second kappa shape index (κ2) is 9.07. The topological polar surface area (TPSA) is 157 Å². The smallest absolute Gasteiger partial charge is 0.292 e. The summed E-state index contributed by atoms with van der Waals surface area (Å²) in [5.41, 5.74) is 5.35. The summed E-state index contributed by atoms with van der Waals surface area (Å²) in [5, 5.41) is 21.0. The maximum absolute atomic E-state index is 12.5. The number of nitrogens with zero attached hydrogens (tertiary/aromatic N) is 6. The van der Waals surface area contributed by atoms with Crippen molar-refractivity contribution in [3.63, 3.8) is 0 Å². The van der Waals surface area contributed by atoms with Crippen LogP contribution in [-0.4, -0.2) is 63.0 Å². The first-order valence-electron chi connectivity index (χ1n) is 9.50. The van der Waals surface area contributed by atoms with Crippen LogP contribution in [0.4, 0.5) is 10.8 Å². The maximum atomic E-state index is 12.5. The Balaban J connectivity index is 1.40. The van der Waals surface area contributed by atoms with Crippen LogP contribution in [0.25, 0.3) is 5.69 Å². The monoisotopic (exact) mass is 458 g/mol. The van der Waals surface area contributed by atoms with Gasteiger partial charge in [0.2, 0.25) is 0 Å². The molecule has 2 amide bonds. The molecule has 13 nitrogen and oxygen atoms in total. The predicted octanol–water partition coefficient (Wildman–Crippen LogP) is 0.852. The fourth-order valence-corrected chi connectivity index (χ4v) is 3.89. The van der Waals surface area contributed by atoms with Gasteiger partial charge in [0.1, 0.15) is 5.69 Å². The molecule has 14 heteroatoms. The third kappa shape index (κ3) is 4.40. The zero-order valence-electron chi connectivity index (χ0n) is 16.8. The highest BCUT2D eigenvalue weighted by Crippen LogP contribution is 2.21. The zero-order chi connectivity index (χ0) is 22.7. The van der Waals surface area contributed by atoms with E-state index in [0.29, 0.717) is 42.8 Å². The summed E-state index contributed by atoms with van der Waals surface area (Å²) in [6, 6.07) is 5.78. The van der Waals surface area contributed by atoms with Gasteiger partial charge in [-0.1, -0.05) is 11.3 Å². The first-order valence-corrected chi connectivity index (χ1v) is 10.4. The molecule has 0 bridgehead atoms. The molecule has 0 spiro atoms. The summed E-state index contributed by atoms with van der Waals surface area (Å²) in [6.45, 7) is 4.20. The number of ether oxygens (including phenoxy) is 1. The van der Waals surface area contributed by atoms with Crippen LogP contribution in [0.2, 0.25) is 0 Å². The summed E-state index contributed by atoms with van der Waals surface area (Å²) >= 11 is 1.33. The van der Waals surface area contributed by atoms with E-state index in [1.54, 1.807) is 18.4 Å². The molecule has 0 saturated carbocycles. The quantitative estimate of drug-likeness (QED) is 0.418. The van der Waals surface area contributed by atoms with Crippen molar-refractivity contribution in [2.45, 2.75) is 6.92 Å². The van der Waals surface area contributed by atoms with Gasteiger partial charge in [-0.05, 0) is 13.0 Å². The van der Waals surface area contributed by atoms with Crippen molar-refractivity contribution in [1.29, 1.82) is 0 Å². The van der Waals surface area contributed by atoms with Crippen LogP contribution < -0.4 is 15.8 Å². The lowest BCUT2D eigenvalue weighted by Gasteiger charge is -2.25. The van der Waals surface area contributed by atoms with E-state index in [2.05, 4.69) is 26.1 Å². The molecular formula is C18H18N8O5S. The van der Waals surface area contributed by atoms with Crippen molar-refractivity contribution in [3.8, 4) is 5.69 Å². The molecule has 0 atom stereocenters. The predicted molar refractivity (Wildman–Crippen MR) is 113 cm³/mol. The van der Waals surface area contributed by atoms with Crippen molar-refractivity contribution in [3.05, 3.63) is 56.8 Å². The van der Waals surface area contributed by atoms with E-state index in [9.17, 15) is 19.7 Å². The Bertz CT molecular complexity index is 1170. The van der Waals surface area contributed by atoms with E-state index in [4.69, 9.17) is 4.74 Å². The summed E-state index contributed by atoms with van der Waals surface area (Å²) < 4.78 is 6.61. The summed E-state index contributed by atoms with van der Waals surface area (Å²) in [6.07, 6.45) is 0. The number of amides is 2.